The van der Waals surface area contributed by atoms with Gasteiger partial charge in [0.05, 0.1) is 17.1 Å². The van der Waals surface area contributed by atoms with Crippen molar-refractivity contribution in [2.45, 2.75) is 0 Å². The molecule has 1 aromatic rings. The summed E-state index contributed by atoms with van der Waals surface area (Å²) < 4.78 is 0. The SMILES string of the molecule is Nc1cccc(C#CCCl)c1O. The molecule has 2 nitrogen and oxygen atoms in total. The minimum absolute atomic E-state index is 0.0233. The molecule has 1 rings (SSSR count). The fourth-order valence-electron chi connectivity index (χ4n) is 0.791. The van der Waals surface area contributed by atoms with Crippen LogP contribution in [0.4, 0.5) is 5.69 Å². The molecule has 0 heterocycles. The van der Waals surface area contributed by atoms with Crippen molar-refractivity contribution in [3.63, 3.8) is 0 Å². The van der Waals surface area contributed by atoms with E-state index in [4.69, 9.17) is 17.3 Å². The van der Waals surface area contributed by atoms with Gasteiger partial charge in [0, 0.05) is 0 Å². The van der Waals surface area contributed by atoms with E-state index in [0.29, 0.717) is 11.3 Å². The van der Waals surface area contributed by atoms with Crippen molar-refractivity contribution in [3.8, 4) is 17.6 Å². The number of hydrogen-bond donors (Lipinski definition) is 2. The molecule has 1 aromatic carbocycles. The molecule has 12 heavy (non-hydrogen) atoms. The van der Waals surface area contributed by atoms with Crippen molar-refractivity contribution < 1.29 is 5.11 Å². The predicted octanol–water partition coefficient (Wildman–Crippen LogP) is 1.56. The van der Waals surface area contributed by atoms with E-state index in [2.05, 4.69) is 11.8 Å². The second-order valence-corrected chi connectivity index (χ2v) is 2.45. The predicted molar refractivity (Wildman–Crippen MR) is 50.1 cm³/mol. The maximum Gasteiger partial charge on any atom is 0.154 e. The van der Waals surface area contributed by atoms with Crippen LogP contribution in [0.15, 0.2) is 18.2 Å². The highest BCUT2D eigenvalue weighted by atomic mass is 35.5. The summed E-state index contributed by atoms with van der Waals surface area (Å²) in [6, 6.07) is 5.03. The van der Waals surface area contributed by atoms with Gasteiger partial charge in [0.2, 0.25) is 0 Å². The van der Waals surface area contributed by atoms with E-state index in [1.165, 1.54) is 0 Å². The fraction of sp³-hybridized carbons (Fsp3) is 0.111. The average molecular weight is 182 g/mol. The monoisotopic (exact) mass is 181 g/mol. The van der Waals surface area contributed by atoms with Crippen molar-refractivity contribution >= 4 is 17.3 Å². The zero-order valence-electron chi connectivity index (χ0n) is 6.34. The number of phenolic OH excluding ortho intramolecular Hbond substituents is 1. The Morgan fingerprint density at radius 3 is 2.92 bits per heavy atom. The Morgan fingerprint density at radius 1 is 1.50 bits per heavy atom. The van der Waals surface area contributed by atoms with Gasteiger partial charge < -0.3 is 10.8 Å². The maximum atomic E-state index is 9.35. The summed E-state index contributed by atoms with van der Waals surface area (Å²) in [7, 11) is 0. The van der Waals surface area contributed by atoms with Gasteiger partial charge in [0.25, 0.3) is 0 Å². The Kier molecular flexibility index (Phi) is 2.84. The molecular weight excluding hydrogens is 174 g/mol. The molecule has 0 radical (unpaired) electrons. The molecule has 0 fully saturated rings. The Hall–Kier alpha value is -1.33. The van der Waals surface area contributed by atoms with E-state index >= 15 is 0 Å². The number of nitrogen functional groups attached to an aromatic ring is 1. The molecular formula is C9H8ClNO. The standard InChI is InChI=1S/C9H8ClNO/c10-6-2-4-7-3-1-5-8(11)9(7)12/h1,3,5,12H,6,11H2. The van der Waals surface area contributed by atoms with Crippen molar-refractivity contribution in [1.82, 2.24) is 0 Å². The highest BCUT2D eigenvalue weighted by Crippen LogP contribution is 2.22. The zero-order valence-corrected chi connectivity index (χ0v) is 7.10. The normalized spacial score (nSPS) is 8.75. The van der Waals surface area contributed by atoms with Crippen LogP contribution in [0, 0.1) is 11.8 Å². The van der Waals surface area contributed by atoms with Gasteiger partial charge in [-0.15, -0.1) is 11.6 Å². The number of rotatable bonds is 0. The number of para-hydroxylation sites is 1. The molecule has 0 unspecified atom stereocenters. The molecule has 0 amide bonds. The molecule has 3 N–H and O–H groups in total. The lowest BCUT2D eigenvalue weighted by Gasteiger charge is -1.98. The molecule has 3 heteroatoms. The van der Waals surface area contributed by atoms with Crippen LogP contribution in [-0.2, 0) is 0 Å². The minimum atomic E-state index is 0.0233. The first-order chi connectivity index (χ1) is 5.75. The number of anilines is 1. The van der Waals surface area contributed by atoms with Crippen LogP contribution < -0.4 is 5.73 Å². The van der Waals surface area contributed by atoms with Crippen LogP contribution in [0.25, 0.3) is 0 Å². The number of halogens is 1. The summed E-state index contributed by atoms with van der Waals surface area (Å²) in [5.41, 5.74) is 6.28. The molecule has 0 aliphatic heterocycles. The Balaban J connectivity index is 3.08. The quantitative estimate of drug-likeness (QED) is 0.276. The minimum Gasteiger partial charge on any atom is -0.505 e. The van der Waals surface area contributed by atoms with E-state index in [0.717, 1.165) is 0 Å². The molecule has 62 valence electrons. The van der Waals surface area contributed by atoms with E-state index < -0.39 is 0 Å². The molecule has 0 aliphatic rings. The Bertz CT molecular complexity index is 338. The first kappa shape index (κ1) is 8.76. The Morgan fingerprint density at radius 2 is 2.25 bits per heavy atom. The lowest BCUT2D eigenvalue weighted by atomic mass is 10.2. The molecule has 0 saturated heterocycles. The molecule has 0 atom stereocenters. The maximum absolute atomic E-state index is 9.35. The average Bonchev–Trinajstić information content (AvgIpc) is 2.08. The van der Waals surface area contributed by atoms with Crippen LogP contribution in [0.1, 0.15) is 5.56 Å². The summed E-state index contributed by atoms with van der Waals surface area (Å²) in [6.07, 6.45) is 0. The smallest absolute Gasteiger partial charge is 0.154 e. The lowest BCUT2D eigenvalue weighted by Crippen LogP contribution is -1.87. The lowest BCUT2D eigenvalue weighted by molar-refractivity contribution is 0.476. The third-order valence-corrected chi connectivity index (χ3v) is 1.49. The summed E-state index contributed by atoms with van der Waals surface area (Å²) in [4.78, 5) is 0. The highest BCUT2D eigenvalue weighted by molar-refractivity contribution is 6.19. The van der Waals surface area contributed by atoms with Gasteiger partial charge in [-0.05, 0) is 12.1 Å². The largest absolute Gasteiger partial charge is 0.505 e. The highest BCUT2D eigenvalue weighted by Gasteiger charge is 1.99. The van der Waals surface area contributed by atoms with Crippen molar-refractivity contribution in [1.29, 1.82) is 0 Å². The van der Waals surface area contributed by atoms with Gasteiger partial charge in [0.15, 0.2) is 5.75 Å². The van der Waals surface area contributed by atoms with Gasteiger partial charge in [0.1, 0.15) is 0 Å². The molecule has 0 spiro atoms. The zero-order chi connectivity index (χ0) is 8.97. The van der Waals surface area contributed by atoms with E-state index in [-0.39, 0.29) is 11.6 Å². The van der Waals surface area contributed by atoms with Crippen LogP contribution in [0.2, 0.25) is 0 Å². The number of phenols is 1. The first-order valence-electron chi connectivity index (χ1n) is 3.38. The third kappa shape index (κ3) is 1.84. The van der Waals surface area contributed by atoms with Crippen molar-refractivity contribution in [2.24, 2.45) is 0 Å². The second-order valence-electron chi connectivity index (χ2n) is 2.18. The second kappa shape index (κ2) is 3.89. The fourth-order valence-corrected chi connectivity index (χ4v) is 0.858. The molecule has 0 aromatic heterocycles. The number of nitrogens with two attached hydrogens (primary N) is 1. The molecule has 0 aliphatic carbocycles. The molecule has 0 bridgehead atoms. The van der Waals surface area contributed by atoms with Crippen molar-refractivity contribution in [2.75, 3.05) is 11.6 Å². The van der Waals surface area contributed by atoms with Gasteiger partial charge in [-0.3, -0.25) is 0 Å². The summed E-state index contributed by atoms with van der Waals surface area (Å²) in [5.74, 6) is 5.59. The van der Waals surface area contributed by atoms with Crippen LogP contribution >= 0.6 is 11.6 Å². The van der Waals surface area contributed by atoms with E-state index in [1.807, 2.05) is 0 Å². The third-order valence-electron chi connectivity index (χ3n) is 1.36. The van der Waals surface area contributed by atoms with Crippen LogP contribution in [0.5, 0.6) is 5.75 Å². The van der Waals surface area contributed by atoms with Crippen molar-refractivity contribution in [3.05, 3.63) is 23.8 Å². The summed E-state index contributed by atoms with van der Waals surface area (Å²) in [5, 5.41) is 9.35. The van der Waals surface area contributed by atoms with Gasteiger partial charge in [-0.25, -0.2) is 0 Å². The van der Waals surface area contributed by atoms with Crippen LogP contribution in [-0.4, -0.2) is 11.0 Å². The topological polar surface area (TPSA) is 46.2 Å². The van der Waals surface area contributed by atoms with Gasteiger partial charge >= 0.3 is 0 Å². The van der Waals surface area contributed by atoms with E-state index in [1.54, 1.807) is 18.2 Å². The number of hydrogen-bond acceptors (Lipinski definition) is 2. The number of benzene rings is 1. The number of aromatic hydroxyl groups is 1. The van der Waals surface area contributed by atoms with E-state index in [9.17, 15) is 5.11 Å². The molecule has 0 saturated carbocycles. The van der Waals surface area contributed by atoms with Gasteiger partial charge in [-0.2, -0.15) is 0 Å². The summed E-state index contributed by atoms with van der Waals surface area (Å²) in [6.45, 7) is 0. The number of alkyl halides is 1. The van der Waals surface area contributed by atoms with Gasteiger partial charge in [-0.1, -0.05) is 17.9 Å². The Labute approximate surface area is 76.0 Å². The first-order valence-corrected chi connectivity index (χ1v) is 3.91. The van der Waals surface area contributed by atoms with Crippen LogP contribution in [0.3, 0.4) is 0 Å². The summed E-state index contributed by atoms with van der Waals surface area (Å²) >= 11 is 5.36.